The van der Waals surface area contributed by atoms with Gasteiger partial charge in [-0.05, 0) is 13.0 Å². The van der Waals surface area contributed by atoms with Crippen molar-refractivity contribution in [2.45, 2.75) is 12.8 Å². The minimum atomic E-state index is -1.62. The molecule has 0 aromatic carbocycles. The van der Waals surface area contributed by atoms with Crippen molar-refractivity contribution in [3.05, 3.63) is 0 Å². The van der Waals surface area contributed by atoms with Crippen LogP contribution in [0.3, 0.4) is 0 Å². The van der Waals surface area contributed by atoms with E-state index in [1.165, 1.54) is 0 Å². The van der Waals surface area contributed by atoms with E-state index in [9.17, 15) is 14.7 Å². The first-order valence-corrected chi connectivity index (χ1v) is 2.62. The van der Waals surface area contributed by atoms with E-state index in [1.54, 1.807) is 0 Å². The van der Waals surface area contributed by atoms with Gasteiger partial charge in [0.1, 0.15) is 5.97 Å². The molecule has 0 atom stereocenters. The van der Waals surface area contributed by atoms with Crippen molar-refractivity contribution in [1.82, 2.24) is 0 Å². The monoisotopic (exact) mass is 189 g/mol. The number of hydrogen-bond acceptors (Lipinski definition) is 4. The molecule has 0 aliphatic rings. The van der Waals surface area contributed by atoms with Gasteiger partial charge in [0.15, 0.2) is 5.78 Å². The van der Waals surface area contributed by atoms with Crippen LogP contribution in [0, 0.1) is 0 Å². The molecule has 0 saturated heterocycles. The molecule has 0 amide bonds. The van der Waals surface area contributed by atoms with E-state index in [-0.39, 0.29) is 48.4 Å². The Balaban J connectivity index is -0.000000320. The molecule has 0 bridgehead atoms. The second kappa shape index (κ2) is 10.4. The van der Waals surface area contributed by atoms with Gasteiger partial charge in [-0.3, -0.25) is 4.79 Å². The van der Waals surface area contributed by atoms with Crippen LogP contribution in [0.5, 0.6) is 0 Å². The number of hydrogen-bond donors (Lipinski definition) is 1. The third-order valence-corrected chi connectivity index (χ3v) is 0.836. The number of aliphatic carboxylic acids is 1. The van der Waals surface area contributed by atoms with Crippen LogP contribution in [0.4, 0.5) is 0 Å². The maximum atomic E-state index is 10.2. The molecule has 0 aromatic rings. The molecule has 11 heavy (non-hydrogen) atoms. The minimum absolute atomic E-state index is 0. The Morgan fingerprint density at radius 2 is 1.82 bits per heavy atom. The molecule has 4 nitrogen and oxygen atoms in total. The fourth-order valence-electron chi connectivity index (χ4n) is 0.365. The molecule has 0 aliphatic carbocycles. The van der Waals surface area contributed by atoms with Crippen molar-refractivity contribution in [1.29, 1.82) is 0 Å². The zero-order valence-corrected chi connectivity index (χ0v) is 9.15. The molecule has 6 heteroatoms. The summed E-state index contributed by atoms with van der Waals surface area (Å²) >= 11 is 0. The second-order valence-corrected chi connectivity index (χ2v) is 1.60. The van der Waals surface area contributed by atoms with E-state index in [0.29, 0.717) is 13.0 Å². The average Bonchev–Trinajstić information content (AvgIpc) is 1.82. The third kappa shape index (κ3) is 10.4. The zero-order valence-electron chi connectivity index (χ0n) is 6.33. The van der Waals surface area contributed by atoms with E-state index in [2.05, 4.69) is 0 Å². The summed E-state index contributed by atoms with van der Waals surface area (Å²) in [5.41, 5.74) is 5.01. The van der Waals surface area contributed by atoms with Gasteiger partial charge in [-0.2, -0.15) is 0 Å². The summed E-state index contributed by atoms with van der Waals surface area (Å²) in [6.07, 6.45) is 0.394. The van der Waals surface area contributed by atoms with Gasteiger partial charge >= 0.3 is 29.6 Å². The molecule has 0 rings (SSSR count). The van der Waals surface area contributed by atoms with Crippen LogP contribution in [0.1, 0.15) is 12.8 Å². The van der Waals surface area contributed by atoms with Gasteiger partial charge in [-0.1, -0.05) is 0 Å². The van der Waals surface area contributed by atoms with Crippen LogP contribution < -0.4 is 40.4 Å². The van der Waals surface area contributed by atoms with Crippen LogP contribution in [-0.4, -0.2) is 18.3 Å². The van der Waals surface area contributed by atoms with Crippen molar-refractivity contribution >= 4 is 24.2 Å². The van der Waals surface area contributed by atoms with Crippen LogP contribution in [0.25, 0.3) is 0 Å². The Hall–Kier alpha value is 0.390. The summed E-state index contributed by atoms with van der Waals surface area (Å²) in [5, 5.41) is 9.70. The van der Waals surface area contributed by atoms with E-state index >= 15 is 0 Å². The average molecular weight is 190 g/mol. The molecular formula is C5H9ClNNaO3. The summed E-state index contributed by atoms with van der Waals surface area (Å²) < 4.78 is 0. The first kappa shape index (κ1) is 17.5. The van der Waals surface area contributed by atoms with E-state index in [4.69, 9.17) is 5.73 Å². The molecule has 0 saturated carbocycles. The zero-order chi connectivity index (χ0) is 7.28. The molecule has 0 spiro atoms. The summed E-state index contributed by atoms with van der Waals surface area (Å²) in [5.74, 6) is -2.50. The van der Waals surface area contributed by atoms with Crippen molar-refractivity contribution in [3.8, 4) is 0 Å². The Morgan fingerprint density at radius 3 is 2.09 bits per heavy atom. The maximum Gasteiger partial charge on any atom is 1.00 e. The predicted octanol–water partition coefficient (Wildman–Crippen LogP) is -4.53. The fourth-order valence-corrected chi connectivity index (χ4v) is 0.365. The second-order valence-electron chi connectivity index (χ2n) is 1.60. The van der Waals surface area contributed by atoms with Crippen LogP contribution in [0.2, 0.25) is 0 Å². The van der Waals surface area contributed by atoms with Crippen molar-refractivity contribution < 1.29 is 44.3 Å². The first-order chi connectivity index (χ1) is 4.18. The molecule has 2 N–H and O–H groups in total. The number of carbonyl (C=O) groups is 2. The Kier molecular flexibility index (Phi) is 16.5. The van der Waals surface area contributed by atoms with E-state index < -0.39 is 11.8 Å². The summed E-state index contributed by atoms with van der Waals surface area (Å²) in [4.78, 5) is 19.9. The molecule has 0 radical (unpaired) electrons. The summed E-state index contributed by atoms with van der Waals surface area (Å²) in [7, 11) is 0. The number of Topliss-reactive ketones (excluding diaryl/α,β-unsaturated/α-hetero) is 1. The number of ketones is 1. The quantitative estimate of drug-likeness (QED) is 0.357. The molecule has 0 aliphatic heterocycles. The van der Waals surface area contributed by atoms with Gasteiger partial charge in [0, 0.05) is 6.42 Å². The topological polar surface area (TPSA) is 83.2 Å². The minimum Gasteiger partial charge on any atom is -0.542 e. The summed E-state index contributed by atoms with van der Waals surface area (Å²) in [6.45, 7) is 0.332. The van der Waals surface area contributed by atoms with Gasteiger partial charge in [-0.25, -0.2) is 0 Å². The smallest absolute Gasteiger partial charge is 0.542 e. The Labute approximate surface area is 93.2 Å². The number of carbonyl (C=O) groups excluding carboxylic acids is 2. The normalized spacial score (nSPS) is 7.36. The molecule has 60 valence electrons. The fraction of sp³-hybridized carbons (Fsp3) is 0.600. The van der Waals surface area contributed by atoms with Crippen molar-refractivity contribution in [2.75, 3.05) is 6.54 Å². The number of halogens is 1. The molecule has 0 fully saturated rings. The van der Waals surface area contributed by atoms with Crippen LogP contribution >= 0.6 is 12.4 Å². The molecule has 0 heterocycles. The van der Waals surface area contributed by atoms with E-state index in [0.717, 1.165) is 0 Å². The van der Waals surface area contributed by atoms with E-state index in [1.807, 2.05) is 0 Å². The number of carboxylic acid groups (broad SMARTS) is 1. The third-order valence-electron chi connectivity index (χ3n) is 0.836. The van der Waals surface area contributed by atoms with Crippen LogP contribution in [-0.2, 0) is 9.59 Å². The standard InChI is InChI=1S/C5H9NO3.ClH.Na/c6-3-1-2-4(7)5(8)9;;/h1-3,6H2,(H,8,9);1H;/q;;+1/p-1. The van der Waals surface area contributed by atoms with Gasteiger partial charge in [-0.15, -0.1) is 12.4 Å². The van der Waals surface area contributed by atoms with Gasteiger partial charge < -0.3 is 15.6 Å². The SMILES string of the molecule is Cl.NCCCC(=O)C(=O)[O-].[Na+]. The van der Waals surface area contributed by atoms with Gasteiger partial charge in [0.2, 0.25) is 0 Å². The largest absolute Gasteiger partial charge is 1.00 e. The molecule has 0 unspecified atom stereocenters. The Bertz CT molecular complexity index is 131. The number of rotatable bonds is 4. The maximum absolute atomic E-state index is 10.2. The summed E-state index contributed by atoms with van der Waals surface area (Å²) in [6, 6.07) is 0. The Morgan fingerprint density at radius 1 is 1.36 bits per heavy atom. The molecular weight excluding hydrogens is 181 g/mol. The number of carboxylic acids is 1. The predicted molar refractivity (Wildman–Crippen MR) is 35.6 cm³/mol. The van der Waals surface area contributed by atoms with Crippen molar-refractivity contribution in [3.63, 3.8) is 0 Å². The molecule has 0 aromatic heterocycles. The first-order valence-electron chi connectivity index (χ1n) is 2.62. The van der Waals surface area contributed by atoms with Gasteiger partial charge in [0.25, 0.3) is 0 Å². The van der Waals surface area contributed by atoms with Crippen LogP contribution in [0.15, 0.2) is 0 Å². The van der Waals surface area contributed by atoms with Gasteiger partial charge in [0.05, 0.1) is 0 Å². The number of nitrogens with two attached hydrogens (primary N) is 1. The van der Waals surface area contributed by atoms with Crippen molar-refractivity contribution in [2.24, 2.45) is 5.73 Å².